The quantitative estimate of drug-likeness (QED) is 0.452. The van der Waals surface area contributed by atoms with Crippen molar-refractivity contribution in [2.75, 3.05) is 46.7 Å². The Morgan fingerprint density at radius 1 is 0.879 bits per heavy atom. The zero-order chi connectivity index (χ0) is 24.3. The summed E-state index contributed by atoms with van der Waals surface area (Å²) in [7, 11) is -0.787. The lowest BCUT2D eigenvalue weighted by molar-refractivity contribution is -0.385. The predicted molar refractivity (Wildman–Crippen MR) is 118 cm³/mol. The van der Waals surface area contributed by atoms with E-state index in [1.54, 1.807) is 23.1 Å². The van der Waals surface area contributed by atoms with E-state index in [0.717, 1.165) is 24.5 Å². The predicted octanol–water partition coefficient (Wildman–Crippen LogP) is 1.61. The SMILES string of the molecule is COc1ccc(C(=O)N2CCN(C(=O)c3cc([N+](=O)[O-])cc(S(C)(=O)=O)c3)CC2)cc1OC. The summed E-state index contributed by atoms with van der Waals surface area (Å²) in [6.07, 6.45) is 0.916. The molecule has 0 bridgehead atoms. The second kappa shape index (κ2) is 9.45. The van der Waals surface area contributed by atoms with Gasteiger partial charge < -0.3 is 19.3 Å². The van der Waals surface area contributed by atoms with E-state index in [1.807, 2.05) is 0 Å². The Hall–Kier alpha value is -3.67. The van der Waals surface area contributed by atoms with Gasteiger partial charge in [-0.05, 0) is 24.3 Å². The fourth-order valence-electron chi connectivity index (χ4n) is 3.47. The molecule has 1 aliphatic rings. The van der Waals surface area contributed by atoms with Crippen LogP contribution in [-0.4, -0.2) is 81.6 Å². The number of carbonyl (C=O) groups excluding carboxylic acids is 2. The second-order valence-corrected chi connectivity index (χ2v) is 9.41. The Bertz CT molecular complexity index is 1200. The fraction of sp³-hybridized carbons (Fsp3) is 0.333. The normalized spacial score (nSPS) is 14.0. The van der Waals surface area contributed by atoms with Gasteiger partial charge in [0, 0.05) is 55.7 Å². The molecule has 1 heterocycles. The van der Waals surface area contributed by atoms with Gasteiger partial charge >= 0.3 is 0 Å². The van der Waals surface area contributed by atoms with Crippen LogP contribution in [0, 0.1) is 10.1 Å². The molecular weight excluding hydrogens is 454 g/mol. The van der Waals surface area contributed by atoms with Crippen LogP contribution in [0.25, 0.3) is 0 Å². The summed E-state index contributed by atoms with van der Waals surface area (Å²) in [6, 6.07) is 7.94. The lowest BCUT2D eigenvalue weighted by Crippen LogP contribution is -2.50. The zero-order valence-corrected chi connectivity index (χ0v) is 19.1. The van der Waals surface area contributed by atoms with Gasteiger partial charge in [0.25, 0.3) is 17.5 Å². The zero-order valence-electron chi connectivity index (χ0n) is 18.3. The van der Waals surface area contributed by atoms with Crippen molar-refractivity contribution in [3.8, 4) is 11.5 Å². The molecule has 0 atom stereocenters. The Kier molecular flexibility index (Phi) is 6.86. The highest BCUT2D eigenvalue weighted by Gasteiger charge is 2.28. The smallest absolute Gasteiger partial charge is 0.271 e. The number of rotatable bonds is 6. The second-order valence-electron chi connectivity index (χ2n) is 7.40. The van der Waals surface area contributed by atoms with Crippen molar-refractivity contribution < 1.29 is 32.4 Å². The van der Waals surface area contributed by atoms with E-state index < -0.39 is 26.4 Å². The third-order valence-electron chi connectivity index (χ3n) is 5.26. The molecule has 11 nitrogen and oxygen atoms in total. The van der Waals surface area contributed by atoms with Gasteiger partial charge in [-0.15, -0.1) is 0 Å². The molecule has 176 valence electrons. The fourth-order valence-corrected chi connectivity index (χ4v) is 4.15. The van der Waals surface area contributed by atoms with E-state index in [2.05, 4.69) is 0 Å². The molecule has 1 aliphatic heterocycles. The number of hydrogen-bond donors (Lipinski definition) is 0. The number of nitrogens with zero attached hydrogens (tertiary/aromatic N) is 3. The van der Waals surface area contributed by atoms with Gasteiger partial charge in [-0.25, -0.2) is 8.42 Å². The Balaban J connectivity index is 1.75. The molecule has 0 aliphatic carbocycles. The molecule has 3 rings (SSSR count). The molecule has 1 saturated heterocycles. The minimum atomic E-state index is -3.75. The maximum atomic E-state index is 12.9. The van der Waals surface area contributed by atoms with Crippen LogP contribution in [0.5, 0.6) is 11.5 Å². The van der Waals surface area contributed by atoms with Gasteiger partial charge in [-0.3, -0.25) is 19.7 Å². The highest BCUT2D eigenvalue weighted by atomic mass is 32.2. The van der Waals surface area contributed by atoms with Crippen LogP contribution in [0.3, 0.4) is 0 Å². The van der Waals surface area contributed by atoms with Crippen LogP contribution in [0.2, 0.25) is 0 Å². The summed E-state index contributed by atoms with van der Waals surface area (Å²) in [4.78, 5) is 39.0. The molecule has 0 spiro atoms. The van der Waals surface area contributed by atoms with E-state index >= 15 is 0 Å². The van der Waals surface area contributed by atoms with Crippen LogP contribution in [0.1, 0.15) is 20.7 Å². The largest absolute Gasteiger partial charge is 0.493 e. The molecule has 2 amide bonds. The standard InChI is InChI=1S/C21H23N3O8S/c1-31-18-5-4-14(12-19(18)32-2)20(25)22-6-8-23(9-7-22)21(26)15-10-16(24(27)28)13-17(11-15)33(3,29)30/h4-5,10-13H,6-9H2,1-3H3. The first kappa shape index (κ1) is 24.0. The molecule has 0 radical (unpaired) electrons. The first-order valence-corrected chi connectivity index (χ1v) is 11.7. The van der Waals surface area contributed by atoms with Crippen molar-refractivity contribution in [3.63, 3.8) is 0 Å². The van der Waals surface area contributed by atoms with E-state index in [0.29, 0.717) is 17.1 Å². The minimum absolute atomic E-state index is 0.0932. The average molecular weight is 477 g/mol. The van der Waals surface area contributed by atoms with Gasteiger partial charge in [0.2, 0.25) is 0 Å². The number of hydrogen-bond acceptors (Lipinski definition) is 8. The number of benzene rings is 2. The van der Waals surface area contributed by atoms with Crippen molar-refractivity contribution in [2.24, 2.45) is 0 Å². The Morgan fingerprint density at radius 2 is 1.42 bits per heavy atom. The van der Waals surface area contributed by atoms with E-state index in [9.17, 15) is 28.1 Å². The van der Waals surface area contributed by atoms with Gasteiger partial charge in [0.05, 0.1) is 24.0 Å². The highest BCUT2D eigenvalue weighted by molar-refractivity contribution is 7.90. The number of amides is 2. The lowest BCUT2D eigenvalue weighted by Gasteiger charge is -2.35. The summed E-state index contributed by atoms with van der Waals surface area (Å²) >= 11 is 0. The molecule has 0 N–H and O–H groups in total. The topological polar surface area (TPSA) is 136 Å². The number of ether oxygens (including phenoxy) is 2. The average Bonchev–Trinajstić information content (AvgIpc) is 2.81. The summed E-state index contributed by atoms with van der Waals surface area (Å²) in [5.41, 5.74) is -0.170. The molecule has 0 unspecified atom stereocenters. The van der Waals surface area contributed by atoms with Crippen LogP contribution in [0.15, 0.2) is 41.3 Å². The Labute approximate surface area is 190 Å². The molecule has 0 aromatic heterocycles. The molecule has 1 fully saturated rings. The van der Waals surface area contributed by atoms with Crippen LogP contribution in [-0.2, 0) is 9.84 Å². The number of nitro groups is 1. The van der Waals surface area contributed by atoms with Crippen molar-refractivity contribution in [1.82, 2.24) is 9.80 Å². The van der Waals surface area contributed by atoms with E-state index in [-0.39, 0.29) is 42.5 Å². The van der Waals surface area contributed by atoms with Crippen LogP contribution >= 0.6 is 0 Å². The molecule has 2 aromatic rings. The van der Waals surface area contributed by atoms with Gasteiger partial charge in [0.1, 0.15) is 0 Å². The summed E-state index contributed by atoms with van der Waals surface area (Å²) in [6.45, 7) is 0.864. The maximum absolute atomic E-state index is 12.9. The minimum Gasteiger partial charge on any atom is -0.493 e. The number of sulfone groups is 1. The van der Waals surface area contributed by atoms with Gasteiger partial charge in [-0.1, -0.05) is 0 Å². The molecule has 12 heteroatoms. The number of non-ortho nitro benzene ring substituents is 1. The molecule has 33 heavy (non-hydrogen) atoms. The van der Waals surface area contributed by atoms with Crippen molar-refractivity contribution in [3.05, 3.63) is 57.6 Å². The van der Waals surface area contributed by atoms with Crippen molar-refractivity contribution >= 4 is 27.3 Å². The summed E-state index contributed by atoms with van der Waals surface area (Å²) in [5, 5.41) is 11.2. The van der Waals surface area contributed by atoms with E-state index in [1.165, 1.54) is 19.1 Å². The third kappa shape index (κ3) is 5.22. The number of carbonyl (C=O) groups is 2. The lowest BCUT2D eigenvalue weighted by atomic mass is 10.1. The first-order chi connectivity index (χ1) is 15.5. The van der Waals surface area contributed by atoms with Gasteiger partial charge in [-0.2, -0.15) is 0 Å². The molecular formula is C21H23N3O8S. The van der Waals surface area contributed by atoms with Crippen LogP contribution in [0.4, 0.5) is 5.69 Å². The van der Waals surface area contributed by atoms with Crippen LogP contribution < -0.4 is 9.47 Å². The number of piperazine rings is 1. The summed E-state index contributed by atoms with van der Waals surface area (Å²) in [5.74, 6) is 0.138. The first-order valence-electron chi connectivity index (χ1n) is 9.85. The number of nitro benzene ring substituents is 1. The van der Waals surface area contributed by atoms with Gasteiger partial charge in [0.15, 0.2) is 21.3 Å². The maximum Gasteiger partial charge on any atom is 0.271 e. The third-order valence-corrected chi connectivity index (χ3v) is 6.35. The highest BCUT2D eigenvalue weighted by Crippen LogP contribution is 2.28. The van der Waals surface area contributed by atoms with E-state index in [4.69, 9.17) is 9.47 Å². The Morgan fingerprint density at radius 3 is 1.91 bits per heavy atom. The summed E-state index contributed by atoms with van der Waals surface area (Å²) < 4.78 is 34.2. The molecule has 2 aromatic carbocycles. The monoisotopic (exact) mass is 477 g/mol. The molecule has 0 saturated carbocycles. The van der Waals surface area contributed by atoms with Crippen molar-refractivity contribution in [1.29, 1.82) is 0 Å². The number of methoxy groups -OCH3 is 2. The van der Waals surface area contributed by atoms with Crippen molar-refractivity contribution in [2.45, 2.75) is 4.90 Å².